The topological polar surface area (TPSA) is 167 Å². The van der Waals surface area contributed by atoms with Crippen molar-refractivity contribution in [1.29, 1.82) is 0 Å². The van der Waals surface area contributed by atoms with Crippen molar-refractivity contribution < 1.29 is 55.4 Å². The Balaban J connectivity index is 0.000000694. The summed E-state index contributed by atoms with van der Waals surface area (Å²) in [6.45, 7) is 0.449. The number of alkyl halides is 6. The summed E-state index contributed by atoms with van der Waals surface area (Å²) in [5.74, 6) is -8.01. The first-order valence-corrected chi connectivity index (χ1v) is 13.4. The summed E-state index contributed by atoms with van der Waals surface area (Å²) in [5.41, 5.74) is 1.47. The quantitative estimate of drug-likeness (QED) is 0.210. The smallest absolute Gasteiger partial charge is 0.458 e. The molecule has 2 amide bonds. The Bertz CT molecular complexity index is 1400. The molecule has 0 saturated heterocycles. The van der Waals surface area contributed by atoms with Crippen molar-refractivity contribution in [2.45, 2.75) is 57.9 Å². The van der Waals surface area contributed by atoms with Gasteiger partial charge in [-0.3, -0.25) is 33.9 Å². The molecule has 4 N–H and O–H groups in total. The summed E-state index contributed by atoms with van der Waals surface area (Å²) in [5, 5.41) is 18.0. The molecule has 0 spiro atoms. The van der Waals surface area contributed by atoms with Crippen molar-refractivity contribution >= 4 is 52.5 Å². The number of amides is 2. The van der Waals surface area contributed by atoms with Crippen molar-refractivity contribution in [2.75, 3.05) is 18.4 Å². The van der Waals surface area contributed by atoms with E-state index in [2.05, 4.69) is 25.9 Å². The van der Waals surface area contributed by atoms with Gasteiger partial charge in [-0.25, -0.2) is 0 Å². The highest BCUT2D eigenvalue weighted by atomic mass is 35.5. The summed E-state index contributed by atoms with van der Waals surface area (Å²) in [6.07, 6.45) is -4.75. The number of aromatic nitrogens is 1. The first kappa shape index (κ1) is 39.5. The van der Waals surface area contributed by atoms with Crippen LogP contribution >= 0.6 is 11.6 Å². The first-order chi connectivity index (χ1) is 21.0. The third kappa shape index (κ3) is 13.2. The SMILES string of the molecule is C.O=C(C(=O)C(F)(F)F)C(F)(F)F.O=C(O)CC(NC(=O)CNC(=O)c1ccc(Cl)c(NC2=NCCCCC2)c1)c1cccnc1. The van der Waals surface area contributed by atoms with Gasteiger partial charge in [-0.15, -0.1) is 0 Å². The number of carbonyl (C=O) groups excluding carboxylic acids is 4. The summed E-state index contributed by atoms with van der Waals surface area (Å²) < 4.78 is 67.0. The molecule has 1 unspecified atom stereocenters. The van der Waals surface area contributed by atoms with E-state index in [-0.39, 0.29) is 20.4 Å². The van der Waals surface area contributed by atoms with Crippen molar-refractivity contribution in [3.63, 3.8) is 0 Å². The molecule has 1 aromatic carbocycles. The molecular weight excluding hydrogens is 652 g/mol. The van der Waals surface area contributed by atoms with Crippen LogP contribution in [-0.4, -0.2) is 70.7 Å². The van der Waals surface area contributed by atoms with Gasteiger partial charge in [0.15, 0.2) is 0 Å². The number of ketones is 2. The molecule has 18 heteroatoms. The normalized spacial score (nSPS) is 13.7. The van der Waals surface area contributed by atoms with Gasteiger partial charge < -0.3 is 21.1 Å². The van der Waals surface area contributed by atoms with Gasteiger partial charge in [0.2, 0.25) is 5.91 Å². The fraction of sp³-hybridized carbons (Fsp3) is 0.393. The van der Waals surface area contributed by atoms with Crippen molar-refractivity contribution in [1.82, 2.24) is 15.6 Å². The number of anilines is 1. The van der Waals surface area contributed by atoms with E-state index in [9.17, 15) is 50.3 Å². The van der Waals surface area contributed by atoms with Gasteiger partial charge in [0, 0.05) is 30.9 Å². The molecule has 46 heavy (non-hydrogen) atoms. The number of nitrogens with zero attached hydrogens (tertiary/aromatic N) is 2. The van der Waals surface area contributed by atoms with E-state index in [1.165, 1.54) is 6.20 Å². The van der Waals surface area contributed by atoms with E-state index in [0.717, 1.165) is 38.1 Å². The van der Waals surface area contributed by atoms with Crippen molar-refractivity contribution in [2.24, 2.45) is 4.99 Å². The molecule has 0 aliphatic carbocycles. The summed E-state index contributed by atoms with van der Waals surface area (Å²) in [4.78, 5) is 63.8. The van der Waals surface area contributed by atoms with Gasteiger partial charge in [0.1, 0.15) is 5.84 Å². The Hall–Kier alpha value is -4.54. The number of carboxylic acid groups (broad SMARTS) is 1. The lowest BCUT2D eigenvalue weighted by molar-refractivity contribution is -0.193. The molecule has 2 heterocycles. The van der Waals surface area contributed by atoms with Gasteiger partial charge in [0.05, 0.1) is 29.7 Å². The Kier molecular flexibility index (Phi) is 15.3. The Morgan fingerprint density at radius 1 is 0.957 bits per heavy atom. The van der Waals surface area contributed by atoms with Crippen LogP contribution in [0.2, 0.25) is 5.02 Å². The van der Waals surface area contributed by atoms with E-state index >= 15 is 0 Å². The predicted molar refractivity (Wildman–Crippen MR) is 154 cm³/mol. The molecule has 0 saturated carbocycles. The van der Waals surface area contributed by atoms with Crippen LogP contribution in [0.1, 0.15) is 61.5 Å². The maximum atomic E-state index is 12.6. The van der Waals surface area contributed by atoms with Gasteiger partial charge in [-0.05, 0) is 42.7 Å². The van der Waals surface area contributed by atoms with Gasteiger partial charge in [0.25, 0.3) is 5.91 Å². The number of amidine groups is 1. The number of halogens is 7. The molecule has 0 fully saturated rings. The maximum Gasteiger partial charge on any atom is 0.458 e. The second-order valence-electron chi connectivity index (χ2n) is 9.30. The Morgan fingerprint density at radius 2 is 1.61 bits per heavy atom. The molecule has 1 aliphatic rings. The standard InChI is InChI=1S/C23H26ClN5O4.C4F6O2.CH4/c24-17-8-7-15(11-19(17)28-20-6-2-1-3-10-26-20)23(33)27-14-21(30)29-18(12-22(31)32)16-5-4-9-25-13-16;5-3(6,7)1(11)2(12)4(8,9)10;/h4-5,7-9,11,13,18H,1-3,6,10,12,14H2,(H,26,28)(H,27,33)(H,29,30)(H,31,32);;1H4. The number of pyridine rings is 1. The first-order valence-electron chi connectivity index (χ1n) is 13.0. The van der Waals surface area contributed by atoms with E-state index in [1.54, 1.807) is 36.5 Å². The fourth-order valence-corrected chi connectivity index (χ4v) is 3.83. The lowest BCUT2D eigenvalue weighted by Crippen LogP contribution is -2.39. The lowest BCUT2D eigenvalue weighted by atomic mass is 10.1. The van der Waals surface area contributed by atoms with E-state index in [1.807, 2.05) is 0 Å². The van der Waals surface area contributed by atoms with Gasteiger partial charge in [-0.1, -0.05) is 31.5 Å². The molecule has 1 atom stereocenters. The maximum absolute atomic E-state index is 12.6. The fourth-order valence-electron chi connectivity index (χ4n) is 3.67. The van der Waals surface area contributed by atoms with Crippen LogP contribution in [-0.2, 0) is 19.2 Å². The highest BCUT2D eigenvalue weighted by molar-refractivity contribution is 6.41. The molecule has 0 bridgehead atoms. The second kappa shape index (κ2) is 17.8. The highest BCUT2D eigenvalue weighted by Crippen LogP contribution is 2.25. The van der Waals surface area contributed by atoms with E-state index in [0.29, 0.717) is 21.8 Å². The average molecular weight is 682 g/mol. The van der Waals surface area contributed by atoms with Crippen molar-refractivity contribution in [3.8, 4) is 0 Å². The largest absolute Gasteiger partial charge is 0.481 e. The van der Waals surface area contributed by atoms with Gasteiger partial charge in [-0.2, -0.15) is 26.3 Å². The van der Waals surface area contributed by atoms with Crippen LogP contribution in [0.4, 0.5) is 32.0 Å². The number of nitrogens with one attached hydrogen (secondary N) is 3. The van der Waals surface area contributed by atoms with Crippen LogP contribution in [0.15, 0.2) is 47.7 Å². The zero-order chi connectivity index (χ0) is 33.8. The third-order valence-electron chi connectivity index (χ3n) is 5.81. The monoisotopic (exact) mass is 681 g/mol. The lowest BCUT2D eigenvalue weighted by Gasteiger charge is -2.17. The second-order valence-corrected chi connectivity index (χ2v) is 9.71. The highest BCUT2D eigenvalue weighted by Gasteiger charge is 2.54. The van der Waals surface area contributed by atoms with E-state index < -0.39 is 47.7 Å². The zero-order valence-electron chi connectivity index (χ0n) is 23.1. The molecular formula is C28H30ClF6N5O6. The van der Waals surface area contributed by atoms with Crippen LogP contribution in [0.5, 0.6) is 0 Å². The molecule has 2 aromatic rings. The number of Topliss-reactive ketones (excluding diaryl/α,β-unsaturated/α-hetero) is 2. The van der Waals surface area contributed by atoms with E-state index in [4.69, 9.17) is 16.7 Å². The minimum absolute atomic E-state index is 0. The average Bonchev–Trinajstić information content (AvgIpc) is 3.24. The molecule has 3 rings (SSSR count). The molecule has 1 aliphatic heterocycles. The summed E-state index contributed by atoms with van der Waals surface area (Å²) >= 11 is 6.28. The summed E-state index contributed by atoms with van der Waals surface area (Å²) in [6, 6.07) is 7.38. The predicted octanol–water partition coefficient (Wildman–Crippen LogP) is 5.07. The number of carbonyl (C=O) groups is 5. The Labute approximate surface area is 263 Å². The van der Waals surface area contributed by atoms with Crippen LogP contribution in [0, 0.1) is 0 Å². The zero-order valence-corrected chi connectivity index (χ0v) is 23.9. The number of hydrogen-bond donors (Lipinski definition) is 4. The third-order valence-corrected chi connectivity index (χ3v) is 6.14. The summed E-state index contributed by atoms with van der Waals surface area (Å²) in [7, 11) is 0. The van der Waals surface area contributed by atoms with Crippen LogP contribution in [0.25, 0.3) is 0 Å². The minimum atomic E-state index is -5.77. The molecule has 0 radical (unpaired) electrons. The van der Waals surface area contributed by atoms with Crippen LogP contribution in [0.3, 0.4) is 0 Å². The number of carboxylic acids is 1. The van der Waals surface area contributed by atoms with Crippen LogP contribution < -0.4 is 16.0 Å². The number of rotatable bonds is 9. The number of benzene rings is 1. The molecule has 11 nitrogen and oxygen atoms in total. The molecule has 252 valence electrons. The van der Waals surface area contributed by atoms with Gasteiger partial charge >= 0.3 is 29.9 Å². The minimum Gasteiger partial charge on any atom is -0.481 e. The number of aliphatic carboxylic acids is 1. The number of hydrogen-bond acceptors (Lipinski definition) is 8. The number of aliphatic imine (C=N–C) groups is 1. The molecule has 1 aromatic heterocycles. The van der Waals surface area contributed by atoms with Crippen molar-refractivity contribution in [3.05, 3.63) is 58.9 Å². The Morgan fingerprint density at radius 3 is 2.17 bits per heavy atom.